The minimum Gasteiger partial charge on any atom is -0.462 e. The maximum atomic E-state index is 11.7. The molecule has 0 unspecified atom stereocenters. The summed E-state index contributed by atoms with van der Waals surface area (Å²) in [6, 6.07) is 9.93. The van der Waals surface area contributed by atoms with Crippen LogP contribution in [0.25, 0.3) is 10.4 Å². The van der Waals surface area contributed by atoms with Crippen LogP contribution in [0.1, 0.15) is 22.2 Å². The lowest BCUT2D eigenvalue weighted by atomic mass is 10.1. The lowest BCUT2D eigenvalue weighted by Gasteiger charge is -1.99. The number of carbonyl (C=O) groups excluding carboxylic acids is 1. The van der Waals surface area contributed by atoms with Gasteiger partial charge in [0, 0.05) is 4.88 Å². The van der Waals surface area contributed by atoms with E-state index in [1.54, 1.807) is 6.92 Å². The highest BCUT2D eigenvalue weighted by atomic mass is 32.1. The first-order chi connectivity index (χ1) is 8.61. The molecule has 0 atom stereocenters. The van der Waals surface area contributed by atoms with Gasteiger partial charge < -0.3 is 10.5 Å². The van der Waals surface area contributed by atoms with Gasteiger partial charge in [-0.25, -0.2) is 4.79 Å². The number of aryl methyl sites for hydroxylation is 1. The number of ether oxygens (including phenoxy) is 1. The standard InChI is InChI=1S/C14H15NO2S/c1-3-17-14(16)13-11(15)8-12(18-13)10-6-4-5-9(2)7-10/h4-8H,3,15H2,1-2H3. The summed E-state index contributed by atoms with van der Waals surface area (Å²) in [6.45, 7) is 4.17. The van der Waals surface area contributed by atoms with Crippen LogP contribution in [0.5, 0.6) is 0 Å². The highest BCUT2D eigenvalue weighted by Gasteiger charge is 2.16. The van der Waals surface area contributed by atoms with Crippen molar-refractivity contribution >= 4 is 23.0 Å². The van der Waals surface area contributed by atoms with E-state index in [4.69, 9.17) is 10.5 Å². The van der Waals surface area contributed by atoms with Crippen LogP contribution in [-0.4, -0.2) is 12.6 Å². The smallest absolute Gasteiger partial charge is 0.350 e. The summed E-state index contributed by atoms with van der Waals surface area (Å²) in [4.78, 5) is 13.2. The molecule has 1 heterocycles. The third-order valence-electron chi connectivity index (χ3n) is 2.52. The Morgan fingerprint density at radius 1 is 1.39 bits per heavy atom. The zero-order chi connectivity index (χ0) is 13.1. The summed E-state index contributed by atoms with van der Waals surface area (Å²) in [7, 11) is 0. The molecule has 1 aromatic heterocycles. The molecule has 3 nitrogen and oxygen atoms in total. The van der Waals surface area contributed by atoms with Gasteiger partial charge in [0.15, 0.2) is 0 Å². The summed E-state index contributed by atoms with van der Waals surface area (Å²) in [5.74, 6) is -0.348. The maximum Gasteiger partial charge on any atom is 0.350 e. The molecule has 0 aliphatic rings. The Labute approximate surface area is 110 Å². The predicted molar refractivity (Wildman–Crippen MR) is 74.9 cm³/mol. The molecule has 0 saturated heterocycles. The molecule has 1 aromatic carbocycles. The number of rotatable bonds is 3. The molecular weight excluding hydrogens is 246 g/mol. The Kier molecular flexibility index (Phi) is 3.67. The van der Waals surface area contributed by atoms with Crippen molar-refractivity contribution in [3.8, 4) is 10.4 Å². The molecule has 4 heteroatoms. The van der Waals surface area contributed by atoms with Crippen molar-refractivity contribution in [2.24, 2.45) is 0 Å². The van der Waals surface area contributed by atoms with Crippen LogP contribution in [0.2, 0.25) is 0 Å². The largest absolute Gasteiger partial charge is 0.462 e. The second-order valence-corrected chi connectivity index (χ2v) is 5.04. The predicted octanol–water partition coefficient (Wildman–Crippen LogP) is 3.48. The second kappa shape index (κ2) is 5.23. The number of hydrogen-bond donors (Lipinski definition) is 1. The molecule has 2 N–H and O–H groups in total. The van der Waals surface area contributed by atoms with Crippen LogP contribution < -0.4 is 5.73 Å². The highest BCUT2D eigenvalue weighted by molar-refractivity contribution is 7.18. The summed E-state index contributed by atoms with van der Waals surface area (Å²) in [5, 5.41) is 0. The second-order valence-electron chi connectivity index (χ2n) is 3.99. The van der Waals surface area contributed by atoms with Gasteiger partial charge in [-0.05, 0) is 25.5 Å². The highest BCUT2D eigenvalue weighted by Crippen LogP contribution is 2.33. The average molecular weight is 261 g/mol. The topological polar surface area (TPSA) is 52.3 Å². The molecule has 94 valence electrons. The minimum atomic E-state index is -0.348. The van der Waals surface area contributed by atoms with Crippen molar-refractivity contribution in [3.05, 3.63) is 40.8 Å². The Balaban J connectivity index is 2.37. The van der Waals surface area contributed by atoms with E-state index in [0.717, 1.165) is 10.4 Å². The number of hydrogen-bond acceptors (Lipinski definition) is 4. The Bertz CT molecular complexity index is 575. The number of esters is 1. The van der Waals surface area contributed by atoms with E-state index >= 15 is 0 Å². The lowest BCUT2D eigenvalue weighted by molar-refractivity contribution is 0.0533. The summed E-state index contributed by atoms with van der Waals surface area (Å²) in [5.41, 5.74) is 8.59. The number of carbonyl (C=O) groups is 1. The van der Waals surface area contributed by atoms with Gasteiger partial charge in [0.05, 0.1) is 12.3 Å². The molecule has 0 fully saturated rings. The number of nitrogens with two attached hydrogens (primary N) is 1. The molecule has 0 radical (unpaired) electrons. The number of nitrogen functional groups attached to an aromatic ring is 1. The zero-order valence-corrected chi connectivity index (χ0v) is 11.2. The molecule has 0 saturated carbocycles. The zero-order valence-electron chi connectivity index (χ0n) is 10.4. The molecule has 0 aliphatic carbocycles. The van der Waals surface area contributed by atoms with Crippen molar-refractivity contribution in [3.63, 3.8) is 0 Å². The molecular formula is C14H15NO2S. The van der Waals surface area contributed by atoms with E-state index in [1.165, 1.54) is 16.9 Å². The van der Waals surface area contributed by atoms with E-state index in [0.29, 0.717) is 17.2 Å². The Hall–Kier alpha value is -1.81. The van der Waals surface area contributed by atoms with Crippen LogP contribution in [0.4, 0.5) is 5.69 Å². The molecule has 2 aromatic rings. The number of benzene rings is 1. The van der Waals surface area contributed by atoms with Gasteiger partial charge in [0.25, 0.3) is 0 Å². The first kappa shape index (κ1) is 12.6. The maximum absolute atomic E-state index is 11.7. The fraction of sp³-hybridized carbons (Fsp3) is 0.214. The molecule has 18 heavy (non-hydrogen) atoms. The van der Waals surface area contributed by atoms with E-state index in [9.17, 15) is 4.79 Å². The van der Waals surface area contributed by atoms with Gasteiger partial charge in [-0.3, -0.25) is 0 Å². The van der Waals surface area contributed by atoms with Gasteiger partial charge >= 0.3 is 5.97 Å². The third-order valence-corrected chi connectivity index (χ3v) is 3.70. The van der Waals surface area contributed by atoms with Crippen molar-refractivity contribution in [2.45, 2.75) is 13.8 Å². The first-order valence-electron chi connectivity index (χ1n) is 5.75. The quantitative estimate of drug-likeness (QED) is 0.860. The van der Waals surface area contributed by atoms with Crippen LogP contribution in [0, 0.1) is 6.92 Å². The van der Waals surface area contributed by atoms with Gasteiger partial charge in [-0.1, -0.05) is 29.8 Å². The lowest BCUT2D eigenvalue weighted by Crippen LogP contribution is -2.04. The van der Waals surface area contributed by atoms with Crippen LogP contribution in [0.3, 0.4) is 0 Å². The van der Waals surface area contributed by atoms with Crippen LogP contribution in [0.15, 0.2) is 30.3 Å². The molecule has 2 rings (SSSR count). The van der Waals surface area contributed by atoms with Crippen molar-refractivity contribution in [1.82, 2.24) is 0 Å². The third kappa shape index (κ3) is 2.54. The molecule has 0 amide bonds. The summed E-state index contributed by atoms with van der Waals surface area (Å²) >= 11 is 1.37. The first-order valence-corrected chi connectivity index (χ1v) is 6.57. The van der Waals surface area contributed by atoms with Gasteiger partial charge in [-0.2, -0.15) is 0 Å². The summed E-state index contributed by atoms with van der Waals surface area (Å²) in [6.07, 6.45) is 0. The van der Waals surface area contributed by atoms with Crippen molar-refractivity contribution in [2.75, 3.05) is 12.3 Å². The average Bonchev–Trinajstić information content (AvgIpc) is 2.72. The molecule has 0 aliphatic heterocycles. The monoisotopic (exact) mass is 261 g/mol. The minimum absolute atomic E-state index is 0.348. The Morgan fingerprint density at radius 2 is 2.17 bits per heavy atom. The van der Waals surface area contributed by atoms with Crippen molar-refractivity contribution in [1.29, 1.82) is 0 Å². The van der Waals surface area contributed by atoms with E-state index in [-0.39, 0.29) is 5.97 Å². The van der Waals surface area contributed by atoms with Crippen LogP contribution in [-0.2, 0) is 4.74 Å². The SMILES string of the molecule is CCOC(=O)c1sc(-c2cccc(C)c2)cc1N. The normalized spacial score (nSPS) is 10.3. The van der Waals surface area contributed by atoms with E-state index in [1.807, 2.05) is 31.2 Å². The molecule has 0 bridgehead atoms. The number of anilines is 1. The fourth-order valence-corrected chi connectivity index (χ4v) is 2.67. The molecule has 0 spiro atoms. The Morgan fingerprint density at radius 3 is 2.83 bits per heavy atom. The van der Waals surface area contributed by atoms with Gasteiger partial charge in [0.1, 0.15) is 4.88 Å². The fourth-order valence-electron chi connectivity index (χ4n) is 1.70. The van der Waals surface area contributed by atoms with E-state index < -0.39 is 0 Å². The number of thiophene rings is 1. The van der Waals surface area contributed by atoms with Crippen molar-refractivity contribution < 1.29 is 9.53 Å². The van der Waals surface area contributed by atoms with Gasteiger partial charge in [0.2, 0.25) is 0 Å². The van der Waals surface area contributed by atoms with Crippen LogP contribution >= 0.6 is 11.3 Å². The summed E-state index contributed by atoms with van der Waals surface area (Å²) < 4.78 is 4.97. The van der Waals surface area contributed by atoms with E-state index in [2.05, 4.69) is 6.07 Å². The van der Waals surface area contributed by atoms with Gasteiger partial charge in [-0.15, -0.1) is 11.3 Å².